The Morgan fingerprint density at radius 2 is 2.04 bits per heavy atom. The van der Waals surface area contributed by atoms with Gasteiger partial charge in [0.1, 0.15) is 0 Å². The van der Waals surface area contributed by atoms with Crippen molar-refractivity contribution in [2.24, 2.45) is 5.92 Å². The SMILES string of the molecule is COc1ccnc(N[C@@H]2CCCCN(C(=O)C3CCCC3)C2)n1. The zero-order chi connectivity index (χ0) is 16.1. The minimum Gasteiger partial charge on any atom is -0.481 e. The topological polar surface area (TPSA) is 67.3 Å². The number of methoxy groups -OCH3 is 1. The molecule has 2 fully saturated rings. The van der Waals surface area contributed by atoms with Crippen molar-refractivity contribution in [1.82, 2.24) is 14.9 Å². The normalized spacial score (nSPS) is 22.7. The third-order valence-corrected chi connectivity index (χ3v) is 4.86. The first-order valence-electron chi connectivity index (χ1n) is 8.68. The molecule has 2 aliphatic rings. The van der Waals surface area contributed by atoms with Gasteiger partial charge in [0, 0.05) is 37.3 Å². The number of hydrogen-bond acceptors (Lipinski definition) is 5. The summed E-state index contributed by atoms with van der Waals surface area (Å²) >= 11 is 0. The molecule has 1 aliphatic carbocycles. The number of aromatic nitrogens is 2. The van der Waals surface area contributed by atoms with E-state index in [1.54, 1.807) is 19.4 Å². The molecular formula is C17H26N4O2. The maximum absolute atomic E-state index is 12.7. The van der Waals surface area contributed by atoms with Crippen molar-refractivity contribution in [3.63, 3.8) is 0 Å². The van der Waals surface area contributed by atoms with Crippen molar-refractivity contribution in [2.45, 2.75) is 51.0 Å². The van der Waals surface area contributed by atoms with Crippen molar-refractivity contribution in [3.8, 4) is 5.88 Å². The molecule has 0 bridgehead atoms. The van der Waals surface area contributed by atoms with E-state index in [0.29, 0.717) is 17.7 Å². The van der Waals surface area contributed by atoms with Crippen LogP contribution in [0.1, 0.15) is 44.9 Å². The number of hydrogen-bond donors (Lipinski definition) is 1. The molecule has 0 unspecified atom stereocenters. The number of nitrogens with zero attached hydrogens (tertiary/aromatic N) is 3. The predicted molar refractivity (Wildman–Crippen MR) is 88.4 cm³/mol. The van der Waals surface area contributed by atoms with Crippen LogP contribution in [0.2, 0.25) is 0 Å². The van der Waals surface area contributed by atoms with Crippen molar-refractivity contribution >= 4 is 11.9 Å². The van der Waals surface area contributed by atoms with E-state index < -0.39 is 0 Å². The molecule has 126 valence electrons. The summed E-state index contributed by atoms with van der Waals surface area (Å²) in [7, 11) is 1.60. The lowest BCUT2D eigenvalue weighted by Gasteiger charge is -2.27. The minimum absolute atomic E-state index is 0.204. The fourth-order valence-electron chi connectivity index (χ4n) is 3.60. The van der Waals surface area contributed by atoms with Gasteiger partial charge in [0.15, 0.2) is 0 Å². The van der Waals surface area contributed by atoms with Crippen molar-refractivity contribution in [2.75, 3.05) is 25.5 Å². The van der Waals surface area contributed by atoms with Crippen LogP contribution in [0.3, 0.4) is 0 Å². The molecule has 6 heteroatoms. The van der Waals surface area contributed by atoms with Crippen LogP contribution in [-0.2, 0) is 4.79 Å². The summed E-state index contributed by atoms with van der Waals surface area (Å²) in [6.45, 7) is 1.63. The highest BCUT2D eigenvalue weighted by Gasteiger charge is 2.29. The number of nitrogens with one attached hydrogen (secondary N) is 1. The zero-order valence-corrected chi connectivity index (χ0v) is 13.8. The predicted octanol–water partition coefficient (Wildman–Crippen LogP) is 2.47. The third-order valence-electron chi connectivity index (χ3n) is 4.86. The smallest absolute Gasteiger partial charge is 0.226 e. The first-order chi connectivity index (χ1) is 11.3. The second kappa shape index (κ2) is 7.62. The number of amides is 1. The van der Waals surface area contributed by atoms with E-state index in [9.17, 15) is 4.79 Å². The van der Waals surface area contributed by atoms with Crippen LogP contribution in [0.15, 0.2) is 12.3 Å². The Hall–Kier alpha value is -1.85. The lowest BCUT2D eigenvalue weighted by molar-refractivity contribution is -0.135. The van der Waals surface area contributed by atoms with E-state index >= 15 is 0 Å². The largest absolute Gasteiger partial charge is 0.481 e. The number of carbonyl (C=O) groups excluding carboxylic acids is 1. The first-order valence-corrected chi connectivity index (χ1v) is 8.68. The molecule has 1 aromatic heterocycles. The molecule has 1 saturated carbocycles. The quantitative estimate of drug-likeness (QED) is 0.923. The Labute approximate surface area is 137 Å². The summed E-state index contributed by atoms with van der Waals surface area (Å²) in [5, 5.41) is 3.37. The molecule has 23 heavy (non-hydrogen) atoms. The number of rotatable bonds is 4. The molecule has 1 aromatic rings. The van der Waals surface area contributed by atoms with Gasteiger partial charge in [-0.25, -0.2) is 4.98 Å². The fourth-order valence-corrected chi connectivity index (χ4v) is 3.60. The van der Waals surface area contributed by atoms with E-state index in [2.05, 4.69) is 20.2 Å². The van der Waals surface area contributed by atoms with E-state index in [1.165, 1.54) is 12.8 Å². The van der Waals surface area contributed by atoms with Gasteiger partial charge in [-0.1, -0.05) is 12.8 Å². The van der Waals surface area contributed by atoms with E-state index in [-0.39, 0.29) is 12.0 Å². The summed E-state index contributed by atoms with van der Waals surface area (Å²) in [6.07, 6.45) is 9.44. The van der Waals surface area contributed by atoms with Crippen LogP contribution >= 0.6 is 0 Å². The summed E-state index contributed by atoms with van der Waals surface area (Å²) in [6, 6.07) is 1.93. The Kier molecular flexibility index (Phi) is 5.31. The first kappa shape index (κ1) is 16.0. The molecular weight excluding hydrogens is 292 g/mol. The van der Waals surface area contributed by atoms with Crippen LogP contribution in [-0.4, -0.2) is 47.0 Å². The molecule has 1 N–H and O–H groups in total. The van der Waals surface area contributed by atoms with Gasteiger partial charge in [-0.2, -0.15) is 4.98 Å². The van der Waals surface area contributed by atoms with Crippen molar-refractivity contribution in [1.29, 1.82) is 0 Å². The lowest BCUT2D eigenvalue weighted by Crippen LogP contribution is -2.42. The average Bonchev–Trinajstić information content (AvgIpc) is 3.02. The van der Waals surface area contributed by atoms with E-state index in [4.69, 9.17) is 4.74 Å². The van der Waals surface area contributed by atoms with Gasteiger partial charge < -0.3 is 15.0 Å². The molecule has 2 heterocycles. The van der Waals surface area contributed by atoms with Gasteiger partial charge in [0.25, 0.3) is 0 Å². The average molecular weight is 318 g/mol. The van der Waals surface area contributed by atoms with Crippen LogP contribution in [0, 0.1) is 5.92 Å². The second-order valence-electron chi connectivity index (χ2n) is 6.53. The van der Waals surface area contributed by atoms with Crippen LogP contribution in [0.4, 0.5) is 5.95 Å². The molecule has 3 rings (SSSR count). The second-order valence-corrected chi connectivity index (χ2v) is 6.53. The Bertz CT molecular complexity index is 531. The van der Waals surface area contributed by atoms with Crippen LogP contribution in [0.25, 0.3) is 0 Å². The molecule has 1 atom stereocenters. The number of ether oxygens (including phenoxy) is 1. The highest BCUT2D eigenvalue weighted by atomic mass is 16.5. The third kappa shape index (κ3) is 4.12. The summed E-state index contributed by atoms with van der Waals surface area (Å²) in [4.78, 5) is 23.3. The number of anilines is 1. The zero-order valence-electron chi connectivity index (χ0n) is 13.8. The maximum atomic E-state index is 12.7. The molecule has 1 saturated heterocycles. The number of likely N-dealkylation sites (tertiary alicyclic amines) is 1. The standard InChI is InChI=1S/C17H26N4O2/c1-23-15-9-10-18-17(20-15)19-14-8-4-5-11-21(12-14)16(22)13-6-2-3-7-13/h9-10,13-14H,2-8,11-12H2,1H3,(H,18,19,20)/t14-/m1/s1. The van der Waals surface area contributed by atoms with E-state index in [0.717, 1.165) is 45.2 Å². The summed E-state index contributed by atoms with van der Waals surface area (Å²) in [5.74, 6) is 1.73. The molecule has 0 aromatic carbocycles. The molecule has 0 spiro atoms. The van der Waals surface area contributed by atoms with Gasteiger partial charge >= 0.3 is 0 Å². The molecule has 0 radical (unpaired) electrons. The molecule has 1 aliphatic heterocycles. The van der Waals surface area contributed by atoms with Gasteiger partial charge in [-0.15, -0.1) is 0 Å². The van der Waals surface area contributed by atoms with Gasteiger partial charge in [0.2, 0.25) is 17.7 Å². The molecule has 6 nitrogen and oxygen atoms in total. The summed E-state index contributed by atoms with van der Waals surface area (Å²) < 4.78 is 5.14. The monoisotopic (exact) mass is 318 g/mol. The van der Waals surface area contributed by atoms with Crippen LogP contribution < -0.4 is 10.1 Å². The van der Waals surface area contributed by atoms with Crippen molar-refractivity contribution < 1.29 is 9.53 Å². The highest BCUT2D eigenvalue weighted by molar-refractivity contribution is 5.79. The maximum Gasteiger partial charge on any atom is 0.226 e. The molecule has 1 amide bonds. The number of carbonyl (C=O) groups is 1. The Morgan fingerprint density at radius 3 is 2.83 bits per heavy atom. The highest BCUT2D eigenvalue weighted by Crippen LogP contribution is 2.27. The van der Waals surface area contributed by atoms with Crippen molar-refractivity contribution in [3.05, 3.63) is 12.3 Å². The Balaban J connectivity index is 1.63. The minimum atomic E-state index is 0.204. The van der Waals surface area contributed by atoms with Gasteiger partial charge in [-0.3, -0.25) is 4.79 Å². The lowest BCUT2D eigenvalue weighted by atomic mass is 10.1. The van der Waals surface area contributed by atoms with Gasteiger partial charge in [0.05, 0.1) is 7.11 Å². The fraction of sp³-hybridized carbons (Fsp3) is 0.706. The Morgan fingerprint density at radius 1 is 1.26 bits per heavy atom. The van der Waals surface area contributed by atoms with Crippen LogP contribution in [0.5, 0.6) is 5.88 Å². The van der Waals surface area contributed by atoms with Gasteiger partial charge in [-0.05, 0) is 32.1 Å². The summed E-state index contributed by atoms with van der Waals surface area (Å²) in [5.41, 5.74) is 0. The van der Waals surface area contributed by atoms with E-state index in [1.807, 2.05) is 0 Å².